The number of aliphatic hydroxyl groups is 1. The fourth-order valence-electron chi connectivity index (χ4n) is 2.13. The summed E-state index contributed by atoms with van der Waals surface area (Å²) in [6.07, 6.45) is -0.721. The minimum absolute atomic E-state index is 0.146. The van der Waals surface area contributed by atoms with Crippen molar-refractivity contribution < 1.29 is 23.6 Å². The summed E-state index contributed by atoms with van der Waals surface area (Å²) in [4.78, 5) is 24.5. The summed E-state index contributed by atoms with van der Waals surface area (Å²) in [5, 5.41) is 12.3. The van der Waals surface area contributed by atoms with Crippen molar-refractivity contribution in [3.63, 3.8) is 0 Å². The number of amides is 1. The van der Waals surface area contributed by atoms with Crippen molar-refractivity contribution in [1.82, 2.24) is 5.32 Å². The van der Waals surface area contributed by atoms with Gasteiger partial charge < -0.3 is 15.2 Å². The van der Waals surface area contributed by atoms with E-state index in [0.717, 1.165) is 0 Å². The summed E-state index contributed by atoms with van der Waals surface area (Å²) in [6, 6.07) is 7.96. The third-order valence-electron chi connectivity index (χ3n) is 3.40. The minimum Gasteiger partial charge on any atom is -0.467 e. The van der Waals surface area contributed by atoms with E-state index in [1.165, 1.54) is 7.11 Å². The molecule has 0 aliphatic heterocycles. The number of carbonyl (C=O) groups is 2. The van der Waals surface area contributed by atoms with Crippen LogP contribution in [0, 0.1) is 5.92 Å². The Morgan fingerprint density at radius 1 is 1.25 bits per heavy atom. The lowest BCUT2D eigenvalue weighted by Gasteiger charge is -2.19. The number of hydrogen-bond donors (Lipinski definition) is 2. The Balaban J connectivity index is 2.64. The monoisotopic (exact) mass is 355 g/mol. The van der Waals surface area contributed by atoms with Gasteiger partial charge in [-0.1, -0.05) is 32.0 Å². The molecule has 0 fully saturated rings. The van der Waals surface area contributed by atoms with Crippen LogP contribution in [-0.4, -0.2) is 46.2 Å². The van der Waals surface area contributed by atoms with Gasteiger partial charge in [0, 0.05) is 10.6 Å². The number of benzene rings is 1. The fraction of sp³-hybridized carbons (Fsp3) is 0.529. The van der Waals surface area contributed by atoms with Gasteiger partial charge in [-0.05, 0) is 30.9 Å². The molecule has 3 atom stereocenters. The Morgan fingerprint density at radius 3 is 2.42 bits per heavy atom. The lowest BCUT2D eigenvalue weighted by Crippen LogP contribution is -2.46. The van der Waals surface area contributed by atoms with Gasteiger partial charge in [0.05, 0.1) is 17.9 Å². The largest absolute Gasteiger partial charge is 0.467 e. The molecule has 0 radical (unpaired) electrons. The van der Waals surface area contributed by atoms with Crippen molar-refractivity contribution in [3.05, 3.63) is 30.3 Å². The zero-order valence-corrected chi connectivity index (χ0v) is 15.0. The third kappa shape index (κ3) is 6.80. The van der Waals surface area contributed by atoms with E-state index in [1.54, 1.807) is 24.3 Å². The number of nitrogens with one attached hydrogen (secondary N) is 1. The highest BCUT2D eigenvalue weighted by Crippen LogP contribution is 2.09. The number of hydrogen-bond acceptors (Lipinski definition) is 5. The summed E-state index contributed by atoms with van der Waals surface area (Å²) < 4.78 is 16.9. The third-order valence-corrected chi connectivity index (χ3v) is 4.80. The van der Waals surface area contributed by atoms with E-state index in [4.69, 9.17) is 0 Å². The predicted octanol–water partition coefficient (Wildman–Crippen LogP) is 1.25. The van der Waals surface area contributed by atoms with Crippen LogP contribution in [0.3, 0.4) is 0 Å². The van der Waals surface area contributed by atoms with Crippen molar-refractivity contribution in [2.75, 3.05) is 12.9 Å². The van der Waals surface area contributed by atoms with Crippen molar-refractivity contribution in [2.45, 2.75) is 43.7 Å². The summed E-state index contributed by atoms with van der Waals surface area (Å²) >= 11 is 0. The van der Waals surface area contributed by atoms with Crippen LogP contribution in [0.25, 0.3) is 0 Å². The maximum absolute atomic E-state index is 12.2. The molecule has 1 rings (SSSR count). The summed E-state index contributed by atoms with van der Waals surface area (Å²) in [5.74, 6) is -0.896. The molecule has 24 heavy (non-hydrogen) atoms. The standard InChI is InChI=1S/C17H25NO5S/c1-12(2)11-15(19)16(20)18-14(17(21)23-3)9-10-24(22)13-7-5-4-6-8-13/h4-8,12,14-15,19H,9-11H2,1-3H3,(H,18,20)/t14-,15+,24-/m0/s1. The van der Waals surface area contributed by atoms with Crippen LogP contribution in [0.4, 0.5) is 0 Å². The van der Waals surface area contributed by atoms with Gasteiger partial charge in [-0.3, -0.25) is 9.00 Å². The maximum Gasteiger partial charge on any atom is 0.328 e. The summed E-state index contributed by atoms with van der Waals surface area (Å²) in [5.41, 5.74) is 0. The van der Waals surface area contributed by atoms with Crippen LogP contribution in [0.5, 0.6) is 0 Å². The highest BCUT2D eigenvalue weighted by Gasteiger charge is 2.26. The number of ether oxygens (including phenoxy) is 1. The van der Waals surface area contributed by atoms with Gasteiger partial charge in [-0.15, -0.1) is 0 Å². The number of esters is 1. The first-order valence-electron chi connectivity index (χ1n) is 7.84. The molecule has 0 bridgehead atoms. The van der Waals surface area contributed by atoms with E-state index >= 15 is 0 Å². The molecule has 0 spiro atoms. The first-order chi connectivity index (χ1) is 11.3. The number of carbonyl (C=O) groups excluding carboxylic acids is 2. The van der Waals surface area contributed by atoms with Gasteiger partial charge >= 0.3 is 5.97 Å². The lowest BCUT2D eigenvalue weighted by atomic mass is 10.1. The van der Waals surface area contributed by atoms with Gasteiger partial charge in [-0.25, -0.2) is 4.79 Å². The topological polar surface area (TPSA) is 92.7 Å². The molecule has 6 nitrogen and oxygen atoms in total. The van der Waals surface area contributed by atoms with E-state index < -0.39 is 34.8 Å². The molecule has 0 aliphatic carbocycles. The van der Waals surface area contributed by atoms with Crippen LogP contribution in [0.1, 0.15) is 26.7 Å². The quantitative estimate of drug-likeness (QED) is 0.650. The van der Waals surface area contributed by atoms with Gasteiger partial charge in [0.2, 0.25) is 5.91 Å². The highest BCUT2D eigenvalue weighted by atomic mass is 32.2. The second-order valence-corrected chi connectivity index (χ2v) is 7.45. The zero-order chi connectivity index (χ0) is 18.1. The highest BCUT2D eigenvalue weighted by molar-refractivity contribution is 7.85. The Morgan fingerprint density at radius 2 is 1.88 bits per heavy atom. The molecule has 134 valence electrons. The average molecular weight is 355 g/mol. The maximum atomic E-state index is 12.2. The molecule has 1 aromatic rings. The van der Waals surface area contributed by atoms with Crippen LogP contribution < -0.4 is 5.32 Å². The molecule has 0 saturated heterocycles. The minimum atomic E-state index is -1.28. The van der Waals surface area contributed by atoms with Gasteiger partial charge in [0.15, 0.2) is 0 Å². The molecular formula is C17H25NO5S. The molecule has 0 heterocycles. The lowest BCUT2D eigenvalue weighted by molar-refractivity contribution is -0.146. The van der Waals surface area contributed by atoms with E-state index in [2.05, 4.69) is 10.1 Å². The molecular weight excluding hydrogens is 330 g/mol. The van der Waals surface area contributed by atoms with Crippen LogP contribution >= 0.6 is 0 Å². The molecule has 1 amide bonds. The first-order valence-corrected chi connectivity index (χ1v) is 9.16. The Labute approximate surface area is 145 Å². The van der Waals surface area contributed by atoms with Crippen molar-refractivity contribution in [2.24, 2.45) is 5.92 Å². The smallest absolute Gasteiger partial charge is 0.328 e. The van der Waals surface area contributed by atoms with E-state index in [0.29, 0.717) is 11.3 Å². The van der Waals surface area contributed by atoms with E-state index in [9.17, 15) is 18.9 Å². The van der Waals surface area contributed by atoms with Gasteiger partial charge in [-0.2, -0.15) is 0 Å². The number of aliphatic hydroxyl groups excluding tert-OH is 1. The Bertz CT molecular complexity index is 561. The van der Waals surface area contributed by atoms with Gasteiger partial charge in [0.1, 0.15) is 12.1 Å². The van der Waals surface area contributed by atoms with Gasteiger partial charge in [0.25, 0.3) is 0 Å². The molecule has 1 aromatic carbocycles. The SMILES string of the molecule is COC(=O)[C@H](CC[S@](=O)c1ccccc1)NC(=O)[C@H](O)CC(C)C. The summed E-state index contributed by atoms with van der Waals surface area (Å²) in [7, 11) is -0.0563. The normalized spacial score (nSPS) is 14.7. The molecule has 7 heteroatoms. The second kappa shape index (κ2) is 10.2. The van der Waals surface area contributed by atoms with E-state index in [1.807, 2.05) is 19.9 Å². The molecule has 0 unspecified atom stereocenters. The second-order valence-electron chi connectivity index (χ2n) is 5.88. The van der Waals surface area contributed by atoms with Crippen LogP contribution in [0.15, 0.2) is 35.2 Å². The van der Waals surface area contributed by atoms with Crippen LogP contribution in [0.2, 0.25) is 0 Å². The summed E-state index contributed by atoms with van der Waals surface area (Å²) in [6.45, 7) is 3.77. The predicted molar refractivity (Wildman–Crippen MR) is 91.7 cm³/mol. The molecule has 0 aliphatic rings. The fourth-order valence-corrected chi connectivity index (χ4v) is 3.27. The van der Waals surface area contributed by atoms with Crippen molar-refractivity contribution >= 4 is 22.7 Å². The Kier molecular flexibility index (Phi) is 8.63. The van der Waals surface area contributed by atoms with E-state index in [-0.39, 0.29) is 18.1 Å². The van der Waals surface area contributed by atoms with Crippen molar-refractivity contribution in [1.29, 1.82) is 0 Å². The first kappa shape index (κ1) is 20.3. The molecule has 0 saturated carbocycles. The molecule has 0 aromatic heterocycles. The van der Waals surface area contributed by atoms with Crippen molar-refractivity contribution in [3.8, 4) is 0 Å². The van der Waals surface area contributed by atoms with Crippen LogP contribution in [-0.2, 0) is 25.1 Å². The number of methoxy groups -OCH3 is 1. The average Bonchev–Trinajstić information content (AvgIpc) is 2.57. The zero-order valence-electron chi connectivity index (χ0n) is 14.2. The number of rotatable bonds is 9. The molecule has 2 N–H and O–H groups in total. The Hall–Kier alpha value is -1.73.